The number of nitrogens with zero attached hydrogens (tertiary/aromatic N) is 3. The molecule has 1 aromatic heterocycles. The maximum absolute atomic E-state index is 12.8. The Morgan fingerprint density at radius 1 is 1.38 bits per heavy atom. The molecule has 2 amide bonds. The smallest absolute Gasteiger partial charge is 0.276 e. The van der Waals surface area contributed by atoms with Gasteiger partial charge in [-0.2, -0.15) is 5.10 Å². The van der Waals surface area contributed by atoms with E-state index in [4.69, 9.17) is 10.5 Å². The molecule has 2 rings (SSSR count). The van der Waals surface area contributed by atoms with Gasteiger partial charge in [0.25, 0.3) is 11.8 Å². The summed E-state index contributed by atoms with van der Waals surface area (Å²) in [5.41, 5.74) is 6.90. The first-order chi connectivity index (χ1) is 14.0. The number of hydrogen-bond acceptors (Lipinski definition) is 6. The van der Waals surface area contributed by atoms with E-state index in [0.717, 1.165) is 0 Å². The van der Waals surface area contributed by atoms with Gasteiger partial charge >= 0.3 is 0 Å². The number of nitrogens with one attached hydrogen (secondary N) is 2. The van der Waals surface area contributed by atoms with Crippen LogP contribution >= 0.6 is 0 Å². The van der Waals surface area contributed by atoms with E-state index in [2.05, 4.69) is 27.3 Å². The third-order valence-electron chi connectivity index (χ3n) is 4.09. The number of aliphatic imine (C=N–C) groups is 1. The lowest BCUT2D eigenvalue weighted by molar-refractivity contribution is 0.0949. The average Bonchev–Trinajstić information content (AvgIpc) is 3.04. The van der Waals surface area contributed by atoms with Gasteiger partial charge in [0.1, 0.15) is 5.75 Å². The van der Waals surface area contributed by atoms with Gasteiger partial charge in [-0.25, -0.2) is 9.67 Å². The van der Waals surface area contributed by atoms with Crippen molar-refractivity contribution in [2.75, 3.05) is 25.5 Å². The summed E-state index contributed by atoms with van der Waals surface area (Å²) in [5, 5.41) is 9.77. The van der Waals surface area contributed by atoms with Crippen molar-refractivity contribution < 1.29 is 14.3 Å². The SMILES string of the molecule is C=Cc1c(C(=O)Nc2ccc(OC)c(C(=O)NCCCN)c2)nn(C)c1N=CC. The second kappa shape index (κ2) is 10.2. The van der Waals surface area contributed by atoms with Gasteiger partial charge in [0.15, 0.2) is 11.5 Å². The minimum atomic E-state index is -0.437. The van der Waals surface area contributed by atoms with Crippen LogP contribution in [-0.2, 0) is 7.05 Å². The normalized spacial score (nSPS) is 10.8. The molecule has 154 valence electrons. The fraction of sp³-hybridized carbons (Fsp3) is 0.300. The highest BCUT2D eigenvalue weighted by Gasteiger charge is 2.20. The minimum Gasteiger partial charge on any atom is -0.496 e. The summed E-state index contributed by atoms with van der Waals surface area (Å²) in [6.45, 7) is 6.45. The van der Waals surface area contributed by atoms with Crippen molar-refractivity contribution in [2.24, 2.45) is 17.8 Å². The van der Waals surface area contributed by atoms with Crippen molar-refractivity contribution in [1.29, 1.82) is 0 Å². The Morgan fingerprint density at radius 3 is 2.76 bits per heavy atom. The molecule has 0 atom stereocenters. The molecular formula is C20H26N6O3. The lowest BCUT2D eigenvalue weighted by Gasteiger charge is -2.12. The van der Waals surface area contributed by atoms with Gasteiger partial charge in [0, 0.05) is 25.5 Å². The van der Waals surface area contributed by atoms with Crippen molar-refractivity contribution in [2.45, 2.75) is 13.3 Å². The van der Waals surface area contributed by atoms with Gasteiger partial charge in [0.05, 0.1) is 18.2 Å². The Balaban J connectivity index is 2.29. The lowest BCUT2D eigenvalue weighted by atomic mass is 10.1. The van der Waals surface area contributed by atoms with Crippen LogP contribution in [0.2, 0.25) is 0 Å². The second-order valence-corrected chi connectivity index (χ2v) is 6.07. The number of amides is 2. The molecule has 29 heavy (non-hydrogen) atoms. The molecule has 0 aliphatic rings. The first-order valence-electron chi connectivity index (χ1n) is 9.12. The van der Waals surface area contributed by atoms with Gasteiger partial charge in [-0.3, -0.25) is 9.59 Å². The van der Waals surface area contributed by atoms with Gasteiger partial charge in [-0.15, -0.1) is 0 Å². The van der Waals surface area contributed by atoms with Gasteiger partial charge in [-0.1, -0.05) is 12.7 Å². The molecule has 0 fully saturated rings. The van der Waals surface area contributed by atoms with Gasteiger partial charge in [-0.05, 0) is 38.1 Å². The quantitative estimate of drug-likeness (QED) is 0.441. The van der Waals surface area contributed by atoms with Crippen LogP contribution in [0, 0.1) is 0 Å². The number of hydrogen-bond donors (Lipinski definition) is 3. The van der Waals surface area contributed by atoms with E-state index in [1.807, 2.05) is 0 Å². The number of nitrogens with two attached hydrogens (primary N) is 1. The number of carbonyl (C=O) groups is 2. The number of aryl methyl sites for hydroxylation is 1. The molecule has 0 bridgehead atoms. The zero-order chi connectivity index (χ0) is 21.4. The summed E-state index contributed by atoms with van der Waals surface area (Å²) >= 11 is 0. The predicted molar refractivity (Wildman–Crippen MR) is 114 cm³/mol. The molecular weight excluding hydrogens is 372 g/mol. The molecule has 1 aromatic carbocycles. The highest BCUT2D eigenvalue weighted by atomic mass is 16.5. The predicted octanol–water partition coefficient (Wildman–Crippen LogP) is 2.12. The van der Waals surface area contributed by atoms with E-state index < -0.39 is 5.91 Å². The third kappa shape index (κ3) is 5.08. The van der Waals surface area contributed by atoms with Crippen LogP contribution in [0.15, 0.2) is 29.8 Å². The molecule has 9 heteroatoms. The Bertz CT molecular complexity index is 933. The Morgan fingerprint density at radius 2 is 2.14 bits per heavy atom. The summed E-state index contributed by atoms with van der Waals surface area (Å²) in [6.07, 6.45) is 3.82. The van der Waals surface area contributed by atoms with Crippen LogP contribution in [0.4, 0.5) is 11.5 Å². The Kier molecular flexibility index (Phi) is 7.67. The van der Waals surface area contributed by atoms with Crippen LogP contribution in [0.3, 0.4) is 0 Å². The van der Waals surface area contributed by atoms with Crippen LogP contribution < -0.4 is 21.1 Å². The second-order valence-electron chi connectivity index (χ2n) is 6.07. The van der Waals surface area contributed by atoms with Crippen LogP contribution in [0.25, 0.3) is 6.08 Å². The van der Waals surface area contributed by atoms with Crippen molar-refractivity contribution in [3.63, 3.8) is 0 Å². The number of ether oxygens (including phenoxy) is 1. The lowest BCUT2D eigenvalue weighted by Crippen LogP contribution is -2.26. The van der Waals surface area contributed by atoms with Crippen LogP contribution in [0.5, 0.6) is 5.75 Å². The maximum atomic E-state index is 12.8. The first-order valence-corrected chi connectivity index (χ1v) is 9.12. The van der Waals surface area contributed by atoms with Crippen LogP contribution in [0.1, 0.15) is 39.8 Å². The van der Waals surface area contributed by atoms with E-state index in [-0.39, 0.29) is 11.6 Å². The summed E-state index contributed by atoms with van der Waals surface area (Å²) in [4.78, 5) is 29.4. The minimum absolute atomic E-state index is 0.188. The van der Waals surface area contributed by atoms with E-state index in [1.165, 1.54) is 17.9 Å². The molecule has 0 saturated carbocycles. The molecule has 2 aromatic rings. The number of carbonyl (C=O) groups excluding carboxylic acids is 2. The highest BCUT2D eigenvalue weighted by molar-refractivity contribution is 6.07. The molecule has 1 heterocycles. The summed E-state index contributed by atoms with van der Waals surface area (Å²) in [6, 6.07) is 4.82. The van der Waals surface area contributed by atoms with Crippen molar-refractivity contribution in [3.8, 4) is 5.75 Å². The Hall–Kier alpha value is -3.46. The van der Waals surface area contributed by atoms with Crippen molar-refractivity contribution in [1.82, 2.24) is 15.1 Å². The average molecular weight is 398 g/mol. The van der Waals surface area contributed by atoms with E-state index in [9.17, 15) is 9.59 Å². The van der Waals surface area contributed by atoms with Gasteiger partial charge < -0.3 is 21.1 Å². The van der Waals surface area contributed by atoms with Gasteiger partial charge in [0.2, 0.25) is 0 Å². The highest BCUT2D eigenvalue weighted by Crippen LogP contribution is 2.26. The molecule has 4 N–H and O–H groups in total. The zero-order valence-corrected chi connectivity index (χ0v) is 16.9. The third-order valence-corrected chi connectivity index (χ3v) is 4.09. The van der Waals surface area contributed by atoms with E-state index >= 15 is 0 Å². The Labute approximate surface area is 169 Å². The first kappa shape index (κ1) is 21.8. The molecule has 0 spiro atoms. The topological polar surface area (TPSA) is 124 Å². The fourth-order valence-corrected chi connectivity index (χ4v) is 2.72. The van der Waals surface area contributed by atoms with E-state index in [1.54, 1.807) is 38.4 Å². The van der Waals surface area contributed by atoms with Crippen LogP contribution in [-0.4, -0.2) is 48.0 Å². The maximum Gasteiger partial charge on any atom is 0.276 e. The molecule has 0 aliphatic heterocycles. The summed E-state index contributed by atoms with van der Waals surface area (Å²) in [7, 11) is 3.17. The number of rotatable bonds is 9. The molecule has 9 nitrogen and oxygen atoms in total. The largest absolute Gasteiger partial charge is 0.496 e. The zero-order valence-electron chi connectivity index (χ0n) is 16.9. The number of benzene rings is 1. The monoisotopic (exact) mass is 398 g/mol. The number of methoxy groups -OCH3 is 1. The van der Waals surface area contributed by atoms with Crippen molar-refractivity contribution >= 4 is 35.6 Å². The van der Waals surface area contributed by atoms with E-state index in [0.29, 0.717) is 47.9 Å². The molecule has 0 saturated heterocycles. The fourth-order valence-electron chi connectivity index (χ4n) is 2.72. The molecule has 0 radical (unpaired) electrons. The number of aromatic nitrogens is 2. The van der Waals surface area contributed by atoms with Crippen molar-refractivity contribution in [3.05, 3.63) is 41.6 Å². The standard InChI is InChI=1S/C20H26N6O3/c1-5-14-17(25-26(3)18(14)22-6-2)20(28)24-13-8-9-16(29-4)15(12-13)19(27)23-11-7-10-21/h5-6,8-9,12H,1,7,10-11,21H2,2-4H3,(H,23,27)(H,24,28). The molecule has 0 aliphatic carbocycles. The molecule has 0 unspecified atom stereocenters. The number of anilines is 1. The summed E-state index contributed by atoms with van der Waals surface area (Å²) < 4.78 is 6.77. The summed E-state index contributed by atoms with van der Waals surface area (Å²) in [5.74, 6) is 0.183.